The maximum atomic E-state index is 12.0. The van der Waals surface area contributed by atoms with E-state index in [1.54, 1.807) is 6.07 Å². The van der Waals surface area contributed by atoms with E-state index in [4.69, 9.17) is 11.6 Å². The monoisotopic (exact) mass is 272 g/mol. The van der Waals surface area contributed by atoms with Gasteiger partial charge in [0.1, 0.15) is 6.04 Å². The van der Waals surface area contributed by atoms with Crippen LogP contribution in [0.5, 0.6) is 0 Å². The first kappa shape index (κ1) is 12.1. The molecule has 0 aromatic heterocycles. The second-order valence-electron chi connectivity index (χ2n) is 4.61. The molecule has 0 bridgehead atoms. The maximum absolute atomic E-state index is 12.0. The summed E-state index contributed by atoms with van der Waals surface area (Å²) in [5, 5.41) is 6.76. The molecule has 96 valence electrons. The van der Waals surface area contributed by atoms with Crippen molar-refractivity contribution in [3.05, 3.63) is 58.6 Å². The Bertz CT molecular complexity index is 654. The van der Waals surface area contributed by atoms with Gasteiger partial charge in [-0.1, -0.05) is 29.8 Å². The molecule has 1 amide bonds. The molecule has 0 radical (unpaired) electrons. The standard InChI is InChI=1S/C15H13ClN2O/c1-9-4-2-3-5-12(9)17-14-11-8-10(16)6-7-13(11)18-15(14)19/h2-8,14,17H,1H3,(H,18,19). The summed E-state index contributed by atoms with van der Waals surface area (Å²) in [5.74, 6) is -0.0551. The van der Waals surface area contributed by atoms with E-state index in [1.807, 2.05) is 43.3 Å². The van der Waals surface area contributed by atoms with E-state index in [1.165, 1.54) is 0 Å². The number of fused-ring (bicyclic) bond motifs is 1. The summed E-state index contributed by atoms with van der Waals surface area (Å²) in [6.07, 6.45) is 0. The molecule has 3 nitrogen and oxygen atoms in total. The smallest absolute Gasteiger partial charge is 0.251 e. The van der Waals surface area contributed by atoms with Crippen LogP contribution in [-0.2, 0) is 4.79 Å². The van der Waals surface area contributed by atoms with Gasteiger partial charge in [0.05, 0.1) is 0 Å². The lowest BCUT2D eigenvalue weighted by atomic mass is 10.1. The van der Waals surface area contributed by atoms with Crippen LogP contribution in [-0.4, -0.2) is 5.91 Å². The van der Waals surface area contributed by atoms with Crippen LogP contribution in [0.15, 0.2) is 42.5 Å². The highest BCUT2D eigenvalue weighted by Gasteiger charge is 2.30. The van der Waals surface area contributed by atoms with Crippen LogP contribution in [0.4, 0.5) is 11.4 Å². The van der Waals surface area contributed by atoms with Gasteiger partial charge in [-0.05, 0) is 36.8 Å². The fourth-order valence-corrected chi connectivity index (χ4v) is 2.45. The molecule has 1 aliphatic heterocycles. The number of benzene rings is 2. The predicted molar refractivity (Wildman–Crippen MR) is 77.6 cm³/mol. The molecule has 2 aromatic rings. The molecule has 19 heavy (non-hydrogen) atoms. The van der Waals surface area contributed by atoms with E-state index in [0.717, 1.165) is 22.5 Å². The van der Waals surface area contributed by atoms with E-state index in [2.05, 4.69) is 10.6 Å². The third kappa shape index (κ3) is 2.17. The molecule has 4 heteroatoms. The number of rotatable bonds is 2. The van der Waals surface area contributed by atoms with Crippen LogP contribution in [0.3, 0.4) is 0 Å². The van der Waals surface area contributed by atoms with Crippen molar-refractivity contribution in [2.45, 2.75) is 13.0 Å². The predicted octanol–water partition coefficient (Wildman–Crippen LogP) is 3.75. The first-order valence-electron chi connectivity index (χ1n) is 6.07. The van der Waals surface area contributed by atoms with Gasteiger partial charge < -0.3 is 10.6 Å². The number of carbonyl (C=O) groups excluding carboxylic acids is 1. The van der Waals surface area contributed by atoms with Crippen molar-refractivity contribution in [3.63, 3.8) is 0 Å². The molecule has 0 fully saturated rings. The highest BCUT2D eigenvalue weighted by molar-refractivity contribution is 6.31. The first-order valence-corrected chi connectivity index (χ1v) is 6.45. The number of para-hydroxylation sites is 1. The minimum Gasteiger partial charge on any atom is -0.370 e. The maximum Gasteiger partial charge on any atom is 0.251 e. The molecule has 2 N–H and O–H groups in total. The van der Waals surface area contributed by atoms with Crippen LogP contribution in [0.1, 0.15) is 17.2 Å². The number of amides is 1. The quantitative estimate of drug-likeness (QED) is 0.874. The highest BCUT2D eigenvalue weighted by Crippen LogP contribution is 2.35. The fourth-order valence-electron chi connectivity index (χ4n) is 2.27. The Labute approximate surface area is 116 Å². The van der Waals surface area contributed by atoms with E-state index in [9.17, 15) is 4.79 Å². The van der Waals surface area contributed by atoms with E-state index in [0.29, 0.717) is 5.02 Å². The van der Waals surface area contributed by atoms with Gasteiger partial charge in [0, 0.05) is 22.0 Å². The summed E-state index contributed by atoms with van der Waals surface area (Å²) in [4.78, 5) is 12.0. The summed E-state index contributed by atoms with van der Waals surface area (Å²) in [7, 11) is 0. The Morgan fingerprint density at radius 2 is 2.00 bits per heavy atom. The van der Waals surface area contributed by atoms with Gasteiger partial charge in [-0.25, -0.2) is 0 Å². The highest BCUT2D eigenvalue weighted by atomic mass is 35.5. The molecule has 0 spiro atoms. The molecule has 1 unspecified atom stereocenters. The van der Waals surface area contributed by atoms with Crippen molar-refractivity contribution in [1.82, 2.24) is 0 Å². The van der Waals surface area contributed by atoms with Gasteiger partial charge in [-0.2, -0.15) is 0 Å². The van der Waals surface area contributed by atoms with Crippen molar-refractivity contribution >= 4 is 28.9 Å². The largest absolute Gasteiger partial charge is 0.370 e. The number of halogens is 1. The molecule has 2 aromatic carbocycles. The van der Waals surface area contributed by atoms with Gasteiger partial charge in [0.15, 0.2) is 0 Å². The second kappa shape index (κ2) is 4.59. The Morgan fingerprint density at radius 3 is 2.79 bits per heavy atom. The zero-order valence-electron chi connectivity index (χ0n) is 10.4. The summed E-state index contributed by atoms with van der Waals surface area (Å²) >= 11 is 6.00. The van der Waals surface area contributed by atoms with Crippen molar-refractivity contribution < 1.29 is 4.79 Å². The normalized spacial score (nSPS) is 16.9. The number of aryl methyl sites for hydroxylation is 1. The zero-order valence-corrected chi connectivity index (χ0v) is 11.2. The molecule has 0 saturated carbocycles. The van der Waals surface area contributed by atoms with Crippen molar-refractivity contribution in [3.8, 4) is 0 Å². The number of hydrogen-bond donors (Lipinski definition) is 2. The lowest BCUT2D eigenvalue weighted by Gasteiger charge is -2.15. The number of anilines is 2. The van der Waals surface area contributed by atoms with E-state index >= 15 is 0 Å². The van der Waals surface area contributed by atoms with Crippen LogP contribution in [0.2, 0.25) is 5.02 Å². The molecule has 0 saturated heterocycles. The minimum absolute atomic E-state index is 0.0551. The molecule has 3 rings (SSSR count). The molecule has 0 aliphatic carbocycles. The minimum atomic E-state index is -0.394. The van der Waals surface area contributed by atoms with Crippen molar-refractivity contribution in [2.75, 3.05) is 10.6 Å². The number of carbonyl (C=O) groups is 1. The van der Waals surface area contributed by atoms with Gasteiger partial charge in [0.2, 0.25) is 0 Å². The van der Waals surface area contributed by atoms with Crippen LogP contribution in [0.25, 0.3) is 0 Å². The first-order chi connectivity index (χ1) is 9.15. The Hall–Kier alpha value is -2.00. The van der Waals surface area contributed by atoms with Crippen LogP contribution in [0, 0.1) is 6.92 Å². The molecular formula is C15H13ClN2O. The Morgan fingerprint density at radius 1 is 1.21 bits per heavy atom. The average Bonchev–Trinajstić information content (AvgIpc) is 2.69. The zero-order chi connectivity index (χ0) is 13.4. The van der Waals surface area contributed by atoms with E-state index in [-0.39, 0.29) is 5.91 Å². The third-order valence-electron chi connectivity index (χ3n) is 3.29. The second-order valence-corrected chi connectivity index (χ2v) is 5.05. The van der Waals surface area contributed by atoms with Crippen molar-refractivity contribution in [2.24, 2.45) is 0 Å². The topological polar surface area (TPSA) is 41.1 Å². The fraction of sp³-hybridized carbons (Fsp3) is 0.133. The van der Waals surface area contributed by atoms with Gasteiger partial charge >= 0.3 is 0 Å². The summed E-state index contributed by atoms with van der Waals surface area (Å²) in [5.41, 5.74) is 3.77. The van der Waals surface area contributed by atoms with Crippen LogP contribution >= 0.6 is 11.6 Å². The van der Waals surface area contributed by atoms with Gasteiger partial charge in [-0.3, -0.25) is 4.79 Å². The molecule has 1 atom stereocenters. The van der Waals surface area contributed by atoms with Crippen LogP contribution < -0.4 is 10.6 Å². The number of nitrogens with one attached hydrogen (secondary N) is 2. The third-order valence-corrected chi connectivity index (χ3v) is 3.52. The van der Waals surface area contributed by atoms with Crippen molar-refractivity contribution in [1.29, 1.82) is 0 Å². The summed E-state index contributed by atoms with van der Waals surface area (Å²) < 4.78 is 0. The Balaban J connectivity index is 1.97. The molecular weight excluding hydrogens is 260 g/mol. The summed E-state index contributed by atoms with van der Waals surface area (Å²) in [6, 6.07) is 12.9. The summed E-state index contributed by atoms with van der Waals surface area (Å²) in [6.45, 7) is 2.01. The van der Waals surface area contributed by atoms with E-state index < -0.39 is 6.04 Å². The van der Waals surface area contributed by atoms with Gasteiger partial charge in [0.25, 0.3) is 5.91 Å². The average molecular weight is 273 g/mol. The lowest BCUT2D eigenvalue weighted by Crippen LogP contribution is -2.20. The number of hydrogen-bond acceptors (Lipinski definition) is 2. The molecule has 1 heterocycles. The Kier molecular flexibility index (Phi) is 2.91. The lowest BCUT2D eigenvalue weighted by molar-refractivity contribution is -0.116. The van der Waals surface area contributed by atoms with Gasteiger partial charge in [-0.15, -0.1) is 0 Å². The SMILES string of the molecule is Cc1ccccc1NC1C(=O)Nc2ccc(Cl)cc21. The molecule has 1 aliphatic rings.